The molecule has 1 unspecified atom stereocenters. The van der Waals surface area contributed by atoms with Gasteiger partial charge in [-0.05, 0) is 53.3 Å². The first-order chi connectivity index (χ1) is 18.1. The summed E-state index contributed by atoms with van der Waals surface area (Å²) in [6, 6.07) is 24.9. The van der Waals surface area contributed by atoms with Gasteiger partial charge in [-0.15, -0.1) is 0 Å². The molecule has 1 atom stereocenters. The van der Waals surface area contributed by atoms with Gasteiger partial charge in [0.05, 0.1) is 7.11 Å². The first-order valence-corrected chi connectivity index (χ1v) is 14.2. The maximum atomic E-state index is 12.4. The van der Waals surface area contributed by atoms with E-state index in [0.29, 0.717) is 6.42 Å². The number of benzene rings is 3. The summed E-state index contributed by atoms with van der Waals surface area (Å²) in [6.45, 7) is 4.21. The van der Waals surface area contributed by atoms with Crippen molar-refractivity contribution in [3.05, 3.63) is 78.4 Å². The molecule has 0 N–H and O–H groups in total. The lowest BCUT2D eigenvalue weighted by atomic mass is 9.94. The van der Waals surface area contributed by atoms with Crippen molar-refractivity contribution in [2.24, 2.45) is 0 Å². The van der Waals surface area contributed by atoms with Gasteiger partial charge in [0.1, 0.15) is 11.9 Å². The number of methoxy groups -OCH3 is 1. The minimum absolute atomic E-state index is 0.0963. The Balaban J connectivity index is 1.45. The third-order valence-electron chi connectivity index (χ3n) is 7.06. The van der Waals surface area contributed by atoms with Crippen LogP contribution in [0.25, 0.3) is 22.3 Å². The highest BCUT2D eigenvalue weighted by atomic mass is 16.5. The molecule has 3 heteroatoms. The van der Waals surface area contributed by atoms with Gasteiger partial charge in [0, 0.05) is 6.42 Å². The Hall–Kier alpha value is -3.07. The zero-order valence-electron chi connectivity index (χ0n) is 23.0. The van der Waals surface area contributed by atoms with E-state index >= 15 is 0 Å². The molecule has 198 valence electrons. The molecule has 0 aliphatic rings. The number of rotatable bonds is 16. The number of hydrogen-bond acceptors (Lipinski definition) is 3. The molecule has 0 bridgehead atoms. The standard InChI is InChI=1S/C34H44O3/c1-4-5-6-7-8-9-10-11-12-13-18-34(35)37-27(2)28-19-21-29(22-20-28)32-16-14-15-17-33(32)30-23-25-31(36-3)26-24-30/h14-17,19-27H,4-13,18H2,1-3H3. The molecule has 0 aliphatic carbocycles. The first-order valence-electron chi connectivity index (χ1n) is 14.2. The van der Waals surface area contributed by atoms with Gasteiger partial charge in [-0.25, -0.2) is 0 Å². The monoisotopic (exact) mass is 500 g/mol. The Morgan fingerprint density at radius 3 is 1.68 bits per heavy atom. The third kappa shape index (κ3) is 9.39. The SMILES string of the molecule is CCCCCCCCCCCCC(=O)OC(C)c1ccc(-c2ccccc2-c2ccc(OC)cc2)cc1. The van der Waals surface area contributed by atoms with Crippen molar-refractivity contribution >= 4 is 5.97 Å². The zero-order chi connectivity index (χ0) is 26.3. The molecule has 0 aliphatic heterocycles. The van der Waals surface area contributed by atoms with Crippen molar-refractivity contribution in [3.8, 4) is 28.0 Å². The summed E-state index contributed by atoms with van der Waals surface area (Å²) in [5, 5.41) is 0. The van der Waals surface area contributed by atoms with E-state index < -0.39 is 0 Å². The molecular formula is C34H44O3. The van der Waals surface area contributed by atoms with Gasteiger partial charge in [-0.3, -0.25) is 4.79 Å². The van der Waals surface area contributed by atoms with E-state index in [-0.39, 0.29) is 12.1 Å². The number of unbranched alkanes of at least 4 members (excludes halogenated alkanes) is 9. The Kier molecular flexibility index (Phi) is 12.3. The zero-order valence-corrected chi connectivity index (χ0v) is 23.0. The molecule has 0 saturated heterocycles. The molecule has 0 fully saturated rings. The smallest absolute Gasteiger partial charge is 0.306 e. The van der Waals surface area contributed by atoms with Crippen LogP contribution in [0.1, 0.15) is 96.1 Å². The number of esters is 1. The van der Waals surface area contributed by atoms with E-state index in [1.165, 1.54) is 62.5 Å². The summed E-state index contributed by atoms with van der Waals surface area (Å²) < 4.78 is 11.0. The Labute approximate surface area is 224 Å². The molecule has 0 aromatic heterocycles. The highest BCUT2D eigenvalue weighted by Crippen LogP contribution is 2.33. The van der Waals surface area contributed by atoms with Crippen LogP contribution in [0.5, 0.6) is 5.75 Å². The Morgan fingerprint density at radius 1 is 0.676 bits per heavy atom. The molecule has 3 rings (SSSR count). The molecule has 3 aromatic carbocycles. The largest absolute Gasteiger partial charge is 0.497 e. The molecule has 0 saturated carbocycles. The predicted octanol–water partition coefficient (Wildman–Crippen LogP) is 9.94. The van der Waals surface area contributed by atoms with E-state index in [0.717, 1.165) is 35.3 Å². The lowest BCUT2D eigenvalue weighted by molar-refractivity contribution is -0.148. The minimum Gasteiger partial charge on any atom is -0.497 e. The van der Waals surface area contributed by atoms with Crippen molar-refractivity contribution in [1.82, 2.24) is 0 Å². The molecule has 3 aromatic rings. The van der Waals surface area contributed by atoms with Crippen LogP contribution in [0.15, 0.2) is 72.8 Å². The van der Waals surface area contributed by atoms with Crippen LogP contribution < -0.4 is 4.74 Å². The van der Waals surface area contributed by atoms with Crippen molar-refractivity contribution in [3.63, 3.8) is 0 Å². The summed E-state index contributed by atoms with van der Waals surface area (Å²) in [6.07, 6.45) is 12.9. The van der Waals surface area contributed by atoms with Crippen LogP contribution in [0.4, 0.5) is 0 Å². The molecule has 0 spiro atoms. The van der Waals surface area contributed by atoms with E-state index in [1.807, 2.05) is 19.1 Å². The Morgan fingerprint density at radius 2 is 1.16 bits per heavy atom. The van der Waals surface area contributed by atoms with Crippen LogP contribution in [0.2, 0.25) is 0 Å². The second-order valence-electron chi connectivity index (χ2n) is 9.96. The second kappa shape index (κ2) is 15.9. The quantitative estimate of drug-likeness (QED) is 0.145. The summed E-state index contributed by atoms with van der Waals surface area (Å²) >= 11 is 0. The highest BCUT2D eigenvalue weighted by molar-refractivity contribution is 5.83. The van der Waals surface area contributed by atoms with E-state index in [1.54, 1.807) is 7.11 Å². The fourth-order valence-electron chi connectivity index (χ4n) is 4.77. The van der Waals surface area contributed by atoms with Crippen LogP contribution >= 0.6 is 0 Å². The van der Waals surface area contributed by atoms with Crippen LogP contribution in [0, 0.1) is 0 Å². The second-order valence-corrected chi connectivity index (χ2v) is 9.96. The van der Waals surface area contributed by atoms with E-state index in [2.05, 4.69) is 67.6 Å². The predicted molar refractivity (Wildman–Crippen MR) is 155 cm³/mol. The number of carbonyl (C=O) groups excluding carboxylic acids is 1. The number of carbonyl (C=O) groups is 1. The van der Waals surface area contributed by atoms with Crippen LogP contribution in [-0.2, 0) is 9.53 Å². The van der Waals surface area contributed by atoms with Gasteiger partial charge >= 0.3 is 5.97 Å². The molecule has 0 radical (unpaired) electrons. The molecule has 0 heterocycles. The van der Waals surface area contributed by atoms with Crippen LogP contribution in [-0.4, -0.2) is 13.1 Å². The molecule has 3 nitrogen and oxygen atoms in total. The van der Waals surface area contributed by atoms with Gasteiger partial charge in [0.15, 0.2) is 0 Å². The first kappa shape index (κ1) is 28.5. The van der Waals surface area contributed by atoms with Gasteiger partial charge in [0.25, 0.3) is 0 Å². The number of ether oxygens (including phenoxy) is 2. The van der Waals surface area contributed by atoms with Gasteiger partial charge < -0.3 is 9.47 Å². The lowest BCUT2D eigenvalue weighted by Gasteiger charge is -2.15. The summed E-state index contributed by atoms with van der Waals surface area (Å²) in [4.78, 5) is 12.4. The van der Waals surface area contributed by atoms with Gasteiger partial charge in [-0.2, -0.15) is 0 Å². The highest BCUT2D eigenvalue weighted by Gasteiger charge is 2.13. The topological polar surface area (TPSA) is 35.5 Å². The van der Waals surface area contributed by atoms with E-state index in [4.69, 9.17) is 9.47 Å². The van der Waals surface area contributed by atoms with Gasteiger partial charge in [-0.1, -0.05) is 125 Å². The van der Waals surface area contributed by atoms with Crippen molar-refractivity contribution in [2.75, 3.05) is 7.11 Å². The van der Waals surface area contributed by atoms with E-state index in [9.17, 15) is 4.79 Å². The van der Waals surface area contributed by atoms with Crippen molar-refractivity contribution < 1.29 is 14.3 Å². The van der Waals surface area contributed by atoms with Crippen LogP contribution in [0.3, 0.4) is 0 Å². The average Bonchev–Trinajstić information content (AvgIpc) is 2.94. The molecular weight excluding hydrogens is 456 g/mol. The fraction of sp³-hybridized carbons (Fsp3) is 0.441. The van der Waals surface area contributed by atoms with Crippen molar-refractivity contribution in [1.29, 1.82) is 0 Å². The van der Waals surface area contributed by atoms with Gasteiger partial charge in [0.2, 0.25) is 0 Å². The minimum atomic E-state index is -0.249. The van der Waals surface area contributed by atoms with Crippen molar-refractivity contribution in [2.45, 2.75) is 90.6 Å². The summed E-state index contributed by atoms with van der Waals surface area (Å²) in [5.41, 5.74) is 5.65. The average molecular weight is 501 g/mol. The fourth-order valence-corrected chi connectivity index (χ4v) is 4.77. The summed E-state index contributed by atoms with van der Waals surface area (Å²) in [7, 11) is 1.68. The lowest BCUT2D eigenvalue weighted by Crippen LogP contribution is -2.08. The molecule has 37 heavy (non-hydrogen) atoms. The Bertz CT molecular complexity index is 1050. The normalized spacial score (nSPS) is 11.8. The maximum absolute atomic E-state index is 12.4. The molecule has 0 amide bonds. The number of hydrogen-bond donors (Lipinski definition) is 0. The maximum Gasteiger partial charge on any atom is 0.306 e. The third-order valence-corrected chi connectivity index (χ3v) is 7.06. The summed E-state index contributed by atoms with van der Waals surface area (Å²) in [5.74, 6) is 0.753.